The van der Waals surface area contributed by atoms with Crippen molar-refractivity contribution in [1.82, 2.24) is 4.72 Å². The van der Waals surface area contributed by atoms with Crippen LogP contribution in [0.15, 0.2) is 29.2 Å². The molecule has 0 aromatic heterocycles. The van der Waals surface area contributed by atoms with E-state index in [1.807, 2.05) is 12.1 Å². The van der Waals surface area contributed by atoms with Crippen LogP contribution in [-0.4, -0.2) is 20.3 Å². The highest BCUT2D eigenvalue weighted by Crippen LogP contribution is 2.17. The van der Waals surface area contributed by atoms with E-state index in [0.717, 1.165) is 12.0 Å². The second-order valence-electron chi connectivity index (χ2n) is 4.61. The van der Waals surface area contributed by atoms with Crippen LogP contribution >= 0.6 is 11.6 Å². The zero-order valence-electron chi connectivity index (χ0n) is 11.0. The lowest BCUT2D eigenvalue weighted by Crippen LogP contribution is -2.23. The third-order valence-corrected chi connectivity index (χ3v) is 4.94. The quantitative estimate of drug-likeness (QED) is 0.819. The molecule has 0 aliphatic heterocycles. The van der Waals surface area contributed by atoms with Gasteiger partial charge in [-0.15, -0.1) is 11.6 Å². The molecule has 1 aromatic rings. The first-order chi connectivity index (χ1) is 8.36. The molecule has 0 aliphatic rings. The second kappa shape index (κ2) is 6.55. The van der Waals surface area contributed by atoms with Gasteiger partial charge in [-0.05, 0) is 30.0 Å². The van der Waals surface area contributed by atoms with Gasteiger partial charge in [-0.25, -0.2) is 13.1 Å². The number of hydrogen-bond acceptors (Lipinski definition) is 2. The maximum absolute atomic E-state index is 11.7. The van der Waals surface area contributed by atoms with Gasteiger partial charge in [0.05, 0.1) is 4.90 Å². The molecule has 18 heavy (non-hydrogen) atoms. The Morgan fingerprint density at radius 3 is 2.22 bits per heavy atom. The van der Waals surface area contributed by atoms with Gasteiger partial charge in [-0.3, -0.25) is 0 Å². The average molecular weight is 290 g/mol. The Bertz CT molecular complexity index is 468. The van der Waals surface area contributed by atoms with Gasteiger partial charge in [-0.2, -0.15) is 0 Å². The van der Waals surface area contributed by atoms with Gasteiger partial charge in [0.25, 0.3) is 0 Å². The van der Waals surface area contributed by atoms with Gasteiger partial charge in [0.15, 0.2) is 0 Å². The topological polar surface area (TPSA) is 46.2 Å². The Morgan fingerprint density at radius 2 is 1.78 bits per heavy atom. The smallest absolute Gasteiger partial charge is 0.211 e. The minimum Gasteiger partial charge on any atom is -0.211 e. The number of hydrogen-bond donors (Lipinski definition) is 1. The number of alkyl halides is 1. The van der Waals surface area contributed by atoms with E-state index in [0.29, 0.717) is 17.4 Å². The summed E-state index contributed by atoms with van der Waals surface area (Å²) in [6, 6.07) is 6.89. The van der Waals surface area contributed by atoms with E-state index < -0.39 is 10.0 Å². The molecule has 1 rings (SSSR count). The fourth-order valence-electron chi connectivity index (χ4n) is 1.54. The van der Waals surface area contributed by atoms with Gasteiger partial charge in [0, 0.05) is 11.9 Å². The van der Waals surface area contributed by atoms with E-state index in [-0.39, 0.29) is 5.38 Å². The molecular weight excluding hydrogens is 270 g/mol. The summed E-state index contributed by atoms with van der Waals surface area (Å²) in [5.74, 6) is 0.400. The van der Waals surface area contributed by atoms with Crippen LogP contribution in [0.25, 0.3) is 0 Å². The number of rotatable bonds is 6. The summed E-state index contributed by atoms with van der Waals surface area (Å²) in [4.78, 5) is 0.295. The molecule has 0 saturated heterocycles. The van der Waals surface area contributed by atoms with Crippen molar-refractivity contribution in [1.29, 1.82) is 0 Å². The zero-order valence-corrected chi connectivity index (χ0v) is 12.6. The second-order valence-corrected chi connectivity index (χ2v) is 6.94. The number of nitrogens with one attached hydrogen (secondary N) is 1. The molecule has 102 valence electrons. The van der Waals surface area contributed by atoms with E-state index in [1.165, 1.54) is 0 Å². The van der Waals surface area contributed by atoms with Gasteiger partial charge >= 0.3 is 0 Å². The molecule has 1 atom stereocenters. The van der Waals surface area contributed by atoms with E-state index in [1.54, 1.807) is 19.1 Å². The summed E-state index contributed by atoms with van der Waals surface area (Å²) in [7, 11) is -3.35. The highest BCUT2D eigenvalue weighted by atomic mass is 35.5. The first-order valence-corrected chi connectivity index (χ1v) is 8.01. The summed E-state index contributed by atoms with van der Waals surface area (Å²) < 4.78 is 25.9. The molecule has 1 N–H and O–H groups in total. The summed E-state index contributed by atoms with van der Waals surface area (Å²) in [5.41, 5.74) is 1.05. The Labute approximate surface area is 115 Å². The maximum atomic E-state index is 11.7. The van der Waals surface area contributed by atoms with Crippen LogP contribution < -0.4 is 4.72 Å². The molecule has 0 fully saturated rings. The molecule has 1 unspecified atom stereocenters. The minimum atomic E-state index is -3.35. The molecule has 0 spiro atoms. The Kier molecular flexibility index (Phi) is 5.63. The van der Waals surface area contributed by atoms with Crippen molar-refractivity contribution in [2.75, 3.05) is 6.54 Å². The molecule has 1 aromatic carbocycles. The van der Waals surface area contributed by atoms with E-state index in [9.17, 15) is 8.42 Å². The highest BCUT2D eigenvalue weighted by molar-refractivity contribution is 7.89. The van der Waals surface area contributed by atoms with Crippen LogP contribution in [0.1, 0.15) is 26.3 Å². The van der Waals surface area contributed by atoms with Crippen LogP contribution in [0.3, 0.4) is 0 Å². The third-order valence-electron chi connectivity index (χ3n) is 2.72. The third kappa shape index (κ3) is 4.26. The fraction of sp³-hybridized carbons (Fsp3) is 0.538. The monoisotopic (exact) mass is 289 g/mol. The highest BCUT2D eigenvalue weighted by Gasteiger charge is 2.14. The van der Waals surface area contributed by atoms with Crippen molar-refractivity contribution in [2.24, 2.45) is 5.92 Å². The summed E-state index contributed by atoms with van der Waals surface area (Å²) in [5, 5.41) is 0.0706. The summed E-state index contributed by atoms with van der Waals surface area (Å²) in [6.07, 6.45) is 0.751. The first-order valence-electron chi connectivity index (χ1n) is 6.09. The van der Waals surface area contributed by atoms with Crippen LogP contribution in [0.4, 0.5) is 0 Å². The normalized spacial score (nSPS) is 13.8. The van der Waals surface area contributed by atoms with Crippen molar-refractivity contribution in [3.8, 4) is 0 Å². The number of sulfonamides is 1. The van der Waals surface area contributed by atoms with Crippen molar-refractivity contribution in [2.45, 2.75) is 37.5 Å². The summed E-state index contributed by atoms with van der Waals surface area (Å²) in [6.45, 7) is 6.29. The molecular formula is C13H20ClNO2S. The van der Waals surface area contributed by atoms with Gasteiger partial charge in [-0.1, -0.05) is 32.9 Å². The first kappa shape index (κ1) is 15.5. The van der Waals surface area contributed by atoms with Crippen molar-refractivity contribution in [3.63, 3.8) is 0 Å². The molecule has 0 heterocycles. The van der Waals surface area contributed by atoms with Gasteiger partial charge < -0.3 is 0 Å². The SMILES string of the molecule is CCNS(=O)(=O)c1ccc(CC(Cl)C(C)C)cc1. The predicted octanol–water partition coefficient (Wildman–Crippen LogP) is 2.79. The van der Waals surface area contributed by atoms with Crippen molar-refractivity contribution in [3.05, 3.63) is 29.8 Å². The van der Waals surface area contributed by atoms with Crippen LogP contribution in [0.2, 0.25) is 0 Å². The fourth-order valence-corrected chi connectivity index (χ4v) is 2.76. The molecule has 5 heteroatoms. The van der Waals surface area contributed by atoms with Crippen molar-refractivity contribution >= 4 is 21.6 Å². The standard InChI is InChI=1S/C13H20ClNO2S/c1-4-15-18(16,17)12-7-5-11(6-8-12)9-13(14)10(2)3/h5-8,10,13,15H,4,9H2,1-3H3. The van der Waals surface area contributed by atoms with E-state index in [2.05, 4.69) is 18.6 Å². The lowest BCUT2D eigenvalue weighted by atomic mass is 10.0. The van der Waals surface area contributed by atoms with E-state index >= 15 is 0 Å². The van der Waals surface area contributed by atoms with Crippen LogP contribution in [0, 0.1) is 5.92 Å². The number of benzene rings is 1. The molecule has 0 amide bonds. The molecule has 0 radical (unpaired) electrons. The van der Waals surface area contributed by atoms with Gasteiger partial charge in [0.1, 0.15) is 0 Å². The molecule has 0 bridgehead atoms. The van der Waals surface area contributed by atoms with Crippen LogP contribution in [0.5, 0.6) is 0 Å². The Balaban J connectivity index is 2.81. The molecule has 0 aliphatic carbocycles. The zero-order chi connectivity index (χ0) is 13.8. The minimum absolute atomic E-state index is 0.0706. The van der Waals surface area contributed by atoms with Gasteiger partial charge in [0.2, 0.25) is 10.0 Å². The maximum Gasteiger partial charge on any atom is 0.240 e. The van der Waals surface area contributed by atoms with Crippen LogP contribution in [-0.2, 0) is 16.4 Å². The molecule has 3 nitrogen and oxygen atoms in total. The van der Waals surface area contributed by atoms with Crippen molar-refractivity contribution < 1.29 is 8.42 Å². The Morgan fingerprint density at radius 1 is 1.22 bits per heavy atom. The lowest BCUT2D eigenvalue weighted by Gasteiger charge is -2.13. The van der Waals surface area contributed by atoms with E-state index in [4.69, 9.17) is 11.6 Å². The largest absolute Gasteiger partial charge is 0.240 e. The molecule has 0 saturated carbocycles. The summed E-state index contributed by atoms with van der Waals surface area (Å²) >= 11 is 6.20. The number of halogens is 1. The lowest BCUT2D eigenvalue weighted by molar-refractivity contribution is 0.583. The Hall–Kier alpha value is -0.580. The average Bonchev–Trinajstić information content (AvgIpc) is 2.29. The predicted molar refractivity (Wildman–Crippen MR) is 75.5 cm³/mol.